The van der Waals surface area contributed by atoms with Crippen LogP contribution < -0.4 is 15.4 Å². The summed E-state index contributed by atoms with van der Waals surface area (Å²) in [6.45, 7) is 3.29. The van der Waals surface area contributed by atoms with Gasteiger partial charge in [-0.05, 0) is 42.9 Å². The van der Waals surface area contributed by atoms with Crippen molar-refractivity contribution in [2.45, 2.75) is 51.0 Å². The smallest absolute Gasteiger partial charge is 0.225 e. The summed E-state index contributed by atoms with van der Waals surface area (Å²) < 4.78 is 5.57. The molecule has 2 heterocycles. The molecule has 2 N–H and O–H groups in total. The number of benzene rings is 1. The van der Waals surface area contributed by atoms with Gasteiger partial charge in [0.25, 0.3) is 0 Å². The van der Waals surface area contributed by atoms with E-state index >= 15 is 0 Å². The minimum Gasteiger partial charge on any atom is -0.493 e. The van der Waals surface area contributed by atoms with Gasteiger partial charge in [0.05, 0.1) is 6.61 Å². The molecule has 7 heteroatoms. The summed E-state index contributed by atoms with van der Waals surface area (Å²) in [5.41, 5.74) is 2.64. The van der Waals surface area contributed by atoms with E-state index in [-0.39, 0.29) is 35.9 Å². The number of rotatable bonds is 5. The van der Waals surface area contributed by atoms with E-state index in [1.165, 1.54) is 24.0 Å². The van der Waals surface area contributed by atoms with Crippen LogP contribution in [-0.2, 0) is 17.6 Å². The first-order valence-electron chi connectivity index (χ1n) is 10.7. The van der Waals surface area contributed by atoms with Crippen molar-refractivity contribution in [3.05, 3.63) is 29.3 Å². The maximum atomic E-state index is 12.6. The monoisotopic (exact) mass is 512 g/mol. The second-order valence-corrected chi connectivity index (χ2v) is 8.19. The third kappa shape index (κ3) is 5.55. The molecule has 4 rings (SSSR count). The van der Waals surface area contributed by atoms with Gasteiger partial charge < -0.3 is 20.3 Å². The summed E-state index contributed by atoms with van der Waals surface area (Å²) in [4.78, 5) is 19.0. The lowest BCUT2D eigenvalue weighted by molar-refractivity contribution is -0.134. The van der Waals surface area contributed by atoms with Crippen LogP contribution >= 0.6 is 24.0 Å². The van der Waals surface area contributed by atoms with Gasteiger partial charge in [0.15, 0.2) is 5.96 Å². The number of hydrogen-bond donors (Lipinski definition) is 2. The van der Waals surface area contributed by atoms with Crippen molar-refractivity contribution in [3.8, 4) is 5.75 Å². The summed E-state index contributed by atoms with van der Waals surface area (Å²) in [5, 5.41) is 6.91. The largest absolute Gasteiger partial charge is 0.493 e. The van der Waals surface area contributed by atoms with Crippen molar-refractivity contribution < 1.29 is 9.53 Å². The van der Waals surface area contributed by atoms with Crippen LogP contribution in [0.3, 0.4) is 0 Å². The Bertz CT molecular complexity index is 734. The lowest BCUT2D eigenvalue weighted by Crippen LogP contribution is -2.45. The molecule has 0 spiro atoms. The van der Waals surface area contributed by atoms with Gasteiger partial charge in [0, 0.05) is 45.1 Å². The average molecular weight is 512 g/mol. The number of likely N-dealkylation sites (tertiary alicyclic amines) is 1. The Morgan fingerprint density at radius 3 is 2.90 bits per heavy atom. The van der Waals surface area contributed by atoms with Crippen LogP contribution in [0.25, 0.3) is 0 Å². The fourth-order valence-corrected chi connectivity index (χ4v) is 4.62. The number of halogens is 1. The molecule has 3 aliphatic rings. The van der Waals surface area contributed by atoms with Gasteiger partial charge in [-0.15, -0.1) is 24.0 Å². The number of nitrogens with one attached hydrogen (secondary N) is 2. The Morgan fingerprint density at radius 2 is 2.10 bits per heavy atom. The zero-order valence-electron chi connectivity index (χ0n) is 17.3. The SMILES string of the molecule is CN=C(NCCc1ccc2c(c1)CCO2)NC1CCN(C(=O)C2CCCC2)C1.I. The molecule has 1 unspecified atom stereocenters. The van der Waals surface area contributed by atoms with Crippen LogP contribution in [0, 0.1) is 5.92 Å². The molecule has 0 aromatic heterocycles. The van der Waals surface area contributed by atoms with Crippen LogP contribution in [0.15, 0.2) is 23.2 Å². The van der Waals surface area contributed by atoms with E-state index in [0.29, 0.717) is 5.91 Å². The predicted octanol–water partition coefficient (Wildman–Crippen LogP) is 2.74. The first kappa shape index (κ1) is 22.2. The van der Waals surface area contributed by atoms with Gasteiger partial charge in [-0.3, -0.25) is 9.79 Å². The summed E-state index contributed by atoms with van der Waals surface area (Å²) in [6.07, 6.45) is 7.52. The molecule has 0 bridgehead atoms. The molecule has 29 heavy (non-hydrogen) atoms. The maximum absolute atomic E-state index is 12.6. The van der Waals surface area contributed by atoms with Crippen molar-refractivity contribution in [2.75, 3.05) is 33.3 Å². The van der Waals surface area contributed by atoms with Crippen molar-refractivity contribution in [1.82, 2.24) is 15.5 Å². The number of fused-ring (bicyclic) bond motifs is 1. The predicted molar refractivity (Wildman–Crippen MR) is 126 cm³/mol. The van der Waals surface area contributed by atoms with E-state index in [4.69, 9.17) is 4.74 Å². The second kappa shape index (κ2) is 10.5. The lowest BCUT2D eigenvalue weighted by atomic mass is 10.1. The Morgan fingerprint density at radius 1 is 1.28 bits per heavy atom. The molecule has 1 aliphatic carbocycles. The van der Waals surface area contributed by atoms with Gasteiger partial charge in [0.1, 0.15) is 5.75 Å². The lowest BCUT2D eigenvalue weighted by Gasteiger charge is -2.21. The van der Waals surface area contributed by atoms with Gasteiger partial charge >= 0.3 is 0 Å². The molecule has 1 amide bonds. The van der Waals surface area contributed by atoms with E-state index < -0.39 is 0 Å². The third-order valence-corrected chi connectivity index (χ3v) is 6.23. The highest BCUT2D eigenvalue weighted by molar-refractivity contribution is 14.0. The molecule has 2 fully saturated rings. The van der Waals surface area contributed by atoms with Gasteiger partial charge in [-0.1, -0.05) is 25.0 Å². The Hall–Kier alpha value is -1.51. The average Bonchev–Trinajstić information content (AvgIpc) is 3.47. The standard InChI is InChI=1S/C22H32N4O2.HI/c1-23-22(24-11-8-16-6-7-20-18(14-16)10-13-28-20)25-19-9-12-26(15-19)21(27)17-4-2-3-5-17;/h6-7,14,17,19H,2-5,8-13,15H2,1H3,(H2,23,24,25);1H. The van der Waals surface area contributed by atoms with E-state index in [9.17, 15) is 4.79 Å². The summed E-state index contributed by atoms with van der Waals surface area (Å²) in [6, 6.07) is 6.77. The first-order chi connectivity index (χ1) is 13.7. The van der Waals surface area contributed by atoms with Crippen LogP contribution in [-0.4, -0.2) is 56.1 Å². The number of carbonyl (C=O) groups is 1. The minimum absolute atomic E-state index is 0. The van der Waals surface area contributed by atoms with Crippen molar-refractivity contribution in [2.24, 2.45) is 10.9 Å². The highest BCUT2D eigenvalue weighted by Gasteiger charge is 2.32. The number of ether oxygens (including phenoxy) is 1. The molecular formula is C22H33IN4O2. The number of hydrogen-bond acceptors (Lipinski definition) is 3. The molecular weight excluding hydrogens is 479 g/mol. The van der Waals surface area contributed by atoms with Gasteiger partial charge in [0.2, 0.25) is 5.91 Å². The minimum atomic E-state index is 0. The van der Waals surface area contributed by atoms with Crippen molar-refractivity contribution in [1.29, 1.82) is 0 Å². The molecule has 1 saturated heterocycles. The zero-order chi connectivity index (χ0) is 19.3. The van der Waals surface area contributed by atoms with E-state index in [1.54, 1.807) is 7.05 Å². The Labute approximate surface area is 190 Å². The second-order valence-electron chi connectivity index (χ2n) is 8.19. The topological polar surface area (TPSA) is 66.0 Å². The quantitative estimate of drug-likeness (QED) is 0.362. The number of carbonyl (C=O) groups excluding carboxylic acids is 1. The zero-order valence-corrected chi connectivity index (χ0v) is 19.6. The van der Waals surface area contributed by atoms with Crippen LogP contribution in [0.1, 0.15) is 43.2 Å². The third-order valence-electron chi connectivity index (χ3n) is 6.23. The number of nitrogens with zero attached hydrogens (tertiary/aromatic N) is 2. The Balaban J connectivity index is 0.00000240. The first-order valence-corrected chi connectivity index (χ1v) is 10.7. The summed E-state index contributed by atoms with van der Waals surface area (Å²) in [7, 11) is 1.80. The molecule has 0 radical (unpaired) electrons. The maximum Gasteiger partial charge on any atom is 0.225 e. The number of amides is 1. The number of guanidine groups is 1. The van der Waals surface area contributed by atoms with Crippen LogP contribution in [0.5, 0.6) is 5.75 Å². The van der Waals surface area contributed by atoms with Crippen molar-refractivity contribution in [3.63, 3.8) is 0 Å². The fourth-order valence-electron chi connectivity index (χ4n) is 4.62. The van der Waals surface area contributed by atoms with E-state index in [2.05, 4.69) is 33.8 Å². The molecule has 1 aromatic carbocycles. The van der Waals surface area contributed by atoms with Crippen LogP contribution in [0.4, 0.5) is 0 Å². The molecule has 1 aromatic rings. The molecule has 1 atom stereocenters. The molecule has 160 valence electrons. The van der Waals surface area contributed by atoms with E-state index in [0.717, 1.165) is 70.1 Å². The summed E-state index contributed by atoms with van der Waals surface area (Å²) >= 11 is 0. The summed E-state index contributed by atoms with van der Waals surface area (Å²) in [5.74, 6) is 2.50. The van der Waals surface area contributed by atoms with Crippen molar-refractivity contribution >= 4 is 35.8 Å². The highest BCUT2D eigenvalue weighted by Crippen LogP contribution is 2.28. The van der Waals surface area contributed by atoms with E-state index in [1.807, 2.05) is 4.90 Å². The van der Waals surface area contributed by atoms with Gasteiger partial charge in [-0.25, -0.2) is 0 Å². The van der Waals surface area contributed by atoms with Gasteiger partial charge in [-0.2, -0.15) is 0 Å². The molecule has 6 nitrogen and oxygen atoms in total. The fraction of sp³-hybridized carbons (Fsp3) is 0.636. The normalized spacial score (nSPS) is 21.5. The Kier molecular flexibility index (Phi) is 8.03. The van der Waals surface area contributed by atoms with Crippen LogP contribution in [0.2, 0.25) is 0 Å². The molecule has 2 aliphatic heterocycles. The molecule has 1 saturated carbocycles. The number of aliphatic imine (C=N–C) groups is 1. The highest BCUT2D eigenvalue weighted by atomic mass is 127.